The number of primary amides is 1. The first-order valence-electron chi connectivity index (χ1n) is 14.0. The zero-order valence-corrected chi connectivity index (χ0v) is 23.9. The van der Waals surface area contributed by atoms with Gasteiger partial charge in [0.2, 0.25) is 5.91 Å². The van der Waals surface area contributed by atoms with Gasteiger partial charge in [-0.05, 0) is 61.7 Å². The molecular weight excluding hydrogens is 484 g/mol. The van der Waals surface area contributed by atoms with Crippen LogP contribution >= 0.6 is 0 Å². The minimum Gasteiger partial charge on any atom is -0.496 e. The molecule has 0 saturated carbocycles. The molecule has 1 aliphatic heterocycles. The highest BCUT2D eigenvalue weighted by Gasteiger charge is 2.42. The lowest BCUT2D eigenvalue weighted by atomic mass is 9.79. The Morgan fingerprint density at radius 1 is 1.00 bits per heavy atom. The van der Waals surface area contributed by atoms with E-state index < -0.39 is 0 Å². The summed E-state index contributed by atoms with van der Waals surface area (Å²) < 4.78 is 5.74. The van der Waals surface area contributed by atoms with Gasteiger partial charge in [0.05, 0.1) is 13.2 Å². The number of nitrogens with one attached hydrogen (secondary N) is 2. The minimum absolute atomic E-state index is 0.102. The van der Waals surface area contributed by atoms with Crippen molar-refractivity contribution in [1.82, 2.24) is 15.5 Å². The molecule has 3 aromatic rings. The third-order valence-corrected chi connectivity index (χ3v) is 8.16. The van der Waals surface area contributed by atoms with E-state index in [0.717, 1.165) is 17.9 Å². The number of hydrogen-bond donors (Lipinski definition) is 3. The Kier molecular flexibility index (Phi) is 9.78. The molecule has 1 heterocycles. The van der Waals surface area contributed by atoms with E-state index in [9.17, 15) is 4.79 Å². The van der Waals surface area contributed by atoms with Crippen LogP contribution in [0.4, 0.5) is 0 Å². The van der Waals surface area contributed by atoms with E-state index in [-0.39, 0.29) is 35.9 Å². The summed E-state index contributed by atoms with van der Waals surface area (Å²) in [5.41, 5.74) is 10.8. The minimum atomic E-state index is -0.328. The fraction of sp³-hybridized carbons (Fsp3) is 0.424. The Morgan fingerprint density at radius 3 is 2.13 bits per heavy atom. The summed E-state index contributed by atoms with van der Waals surface area (Å²) in [7, 11) is 5.58. The second-order valence-electron chi connectivity index (χ2n) is 11.2. The second kappa shape index (κ2) is 13.2. The summed E-state index contributed by atoms with van der Waals surface area (Å²) in [4.78, 5) is 14.3. The van der Waals surface area contributed by atoms with Crippen LogP contribution in [0.15, 0.2) is 78.9 Å². The average Bonchev–Trinajstić information content (AvgIpc) is 3.33. The van der Waals surface area contributed by atoms with Crippen LogP contribution in [0.3, 0.4) is 0 Å². The predicted molar refractivity (Wildman–Crippen MR) is 159 cm³/mol. The number of carbonyl (C=O) groups is 1. The molecule has 0 aliphatic carbocycles. The molecule has 0 aromatic heterocycles. The molecule has 1 saturated heterocycles. The maximum atomic E-state index is 12.4. The maximum absolute atomic E-state index is 12.4. The number of nitrogens with two attached hydrogens (primary N) is 1. The Hall–Kier alpha value is -3.19. The van der Waals surface area contributed by atoms with Gasteiger partial charge in [0, 0.05) is 30.1 Å². The predicted octanol–water partition coefficient (Wildman–Crippen LogP) is 4.50. The first-order valence-corrected chi connectivity index (χ1v) is 14.0. The molecule has 6 nitrogen and oxygen atoms in total. The molecule has 0 radical (unpaired) electrons. The van der Waals surface area contributed by atoms with Gasteiger partial charge < -0.3 is 21.1 Å². The van der Waals surface area contributed by atoms with E-state index in [1.165, 1.54) is 16.7 Å². The van der Waals surface area contributed by atoms with Crippen molar-refractivity contribution in [1.29, 1.82) is 0 Å². The van der Waals surface area contributed by atoms with Crippen molar-refractivity contribution < 1.29 is 9.53 Å². The number of benzene rings is 3. The van der Waals surface area contributed by atoms with Crippen molar-refractivity contribution in [3.63, 3.8) is 0 Å². The van der Waals surface area contributed by atoms with Crippen LogP contribution in [-0.2, 0) is 11.3 Å². The molecule has 208 valence electrons. The average molecular weight is 529 g/mol. The smallest absolute Gasteiger partial charge is 0.234 e. The number of hydrogen-bond acceptors (Lipinski definition) is 5. The monoisotopic (exact) mass is 528 g/mol. The molecular formula is C33H44N4O2. The van der Waals surface area contributed by atoms with Crippen molar-refractivity contribution in [2.75, 3.05) is 27.7 Å². The molecule has 4 rings (SSSR count). The Bertz CT molecular complexity index is 1160. The zero-order valence-electron chi connectivity index (χ0n) is 23.9. The SMILES string of the molecule is COc1ccc(C(C)C)cc1CNC1C(CC(C(N)=O)N(C)C)CNC1C(c1ccccc1)c1ccccc1. The van der Waals surface area contributed by atoms with Gasteiger partial charge in [-0.25, -0.2) is 0 Å². The van der Waals surface area contributed by atoms with Gasteiger partial charge in [-0.3, -0.25) is 9.69 Å². The lowest BCUT2D eigenvalue weighted by molar-refractivity contribution is -0.122. The van der Waals surface area contributed by atoms with E-state index in [4.69, 9.17) is 10.5 Å². The normalized spacial score (nSPS) is 20.1. The molecule has 4 atom stereocenters. The third kappa shape index (κ3) is 6.88. The molecule has 0 spiro atoms. The van der Waals surface area contributed by atoms with Crippen LogP contribution < -0.4 is 21.1 Å². The van der Waals surface area contributed by atoms with Crippen molar-refractivity contribution in [2.45, 2.75) is 56.8 Å². The zero-order chi connectivity index (χ0) is 27.9. The van der Waals surface area contributed by atoms with Crippen LogP contribution in [0.1, 0.15) is 54.4 Å². The van der Waals surface area contributed by atoms with Crippen LogP contribution in [-0.4, -0.2) is 56.7 Å². The Morgan fingerprint density at radius 2 is 1.62 bits per heavy atom. The molecule has 0 bridgehead atoms. The van der Waals surface area contributed by atoms with Gasteiger partial charge in [0.25, 0.3) is 0 Å². The maximum Gasteiger partial charge on any atom is 0.234 e. The highest BCUT2D eigenvalue weighted by atomic mass is 16.5. The number of methoxy groups -OCH3 is 1. The summed E-state index contributed by atoms with van der Waals surface area (Å²) in [6.45, 7) is 5.89. The Labute approximate surface area is 233 Å². The first-order chi connectivity index (χ1) is 18.8. The Balaban J connectivity index is 1.71. The summed E-state index contributed by atoms with van der Waals surface area (Å²) >= 11 is 0. The molecule has 1 amide bonds. The van der Waals surface area contributed by atoms with Crippen molar-refractivity contribution in [3.8, 4) is 5.75 Å². The van der Waals surface area contributed by atoms with Gasteiger partial charge in [-0.2, -0.15) is 0 Å². The lowest BCUT2D eigenvalue weighted by Crippen LogP contribution is -2.49. The number of ether oxygens (including phenoxy) is 1. The summed E-state index contributed by atoms with van der Waals surface area (Å²) in [5.74, 6) is 1.39. The van der Waals surface area contributed by atoms with Crippen molar-refractivity contribution in [3.05, 3.63) is 101 Å². The van der Waals surface area contributed by atoms with Crippen LogP contribution in [0.25, 0.3) is 0 Å². The first kappa shape index (κ1) is 28.8. The van der Waals surface area contributed by atoms with E-state index in [1.807, 2.05) is 19.0 Å². The largest absolute Gasteiger partial charge is 0.496 e. The van der Waals surface area contributed by atoms with E-state index in [2.05, 4.69) is 103 Å². The van der Waals surface area contributed by atoms with E-state index in [1.54, 1.807) is 7.11 Å². The molecule has 3 aromatic carbocycles. The summed E-state index contributed by atoms with van der Waals surface area (Å²) in [5, 5.41) is 7.80. The van der Waals surface area contributed by atoms with Crippen LogP contribution in [0.5, 0.6) is 5.75 Å². The van der Waals surface area contributed by atoms with Gasteiger partial charge in [-0.1, -0.05) is 86.6 Å². The molecule has 1 aliphatic rings. The topological polar surface area (TPSA) is 79.6 Å². The van der Waals surface area contributed by atoms with E-state index >= 15 is 0 Å². The van der Waals surface area contributed by atoms with Crippen molar-refractivity contribution in [2.24, 2.45) is 11.7 Å². The molecule has 1 fully saturated rings. The van der Waals surface area contributed by atoms with Gasteiger partial charge in [0.1, 0.15) is 5.75 Å². The number of carbonyl (C=O) groups excluding carboxylic acids is 1. The third-order valence-electron chi connectivity index (χ3n) is 8.16. The quantitative estimate of drug-likeness (QED) is 0.323. The number of amides is 1. The molecule has 6 heteroatoms. The van der Waals surface area contributed by atoms with Gasteiger partial charge in [-0.15, -0.1) is 0 Å². The highest BCUT2D eigenvalue weighted by Crippen LogP contribution is 2.36. The van der Waals surface area contributed by atoms with Crippen molar-refractivity contribution >= 4 is 5.91 Å². The van der Waals surface area contributed by atoms with E-state index in [0.29, 0.717) is 18.9 Å². The number of likely N-dealkylation sites (N-methyl/N-ethyl adjacent to an activating group) is 1. The van der Waals surface area contributed by atoms with Crippen LogP contribution in [0.2, 0.25) is 0 Å². The summed E-state index contributed by atoms with van der Waals surface area (Å²) in [6.07, 6.45) is 0.684. The van der Waals surface area contributed by atoms with Gasteiger partial charge in [0.15, 0.2) is 0 Å². The lowest BCUT2D eigenvalue weighted by Gasteiger charge is -2.34. The number of nitrogens with zero attached hydrogens (tertiary/aromatic N) is 1. The highest BCUT2D eigenvalue weighted by molar-refractivity contribution is 5.79. The molecule has 4 N–H and O–H groups in total. The number of rotatable bonds is 12. The standard InChI is InChI=1S/C33H44N4O2/c1-22(2)25-16-17-29(39-5)26(18-25)20-35-31-27(19-28(33(34)38)37(3)4)21-36-32(31)30(23-12-8-6-9-13-23)24-14-10-7-11-15-24/h6-18,22,27-28,30-32,35-36H,19-21H2,1-5H3,(H2,34,38). The van der Waals surface area contributed by atoms with Gasteiger partial charge >= 0.3 is 0 Å². The summed E-state index contributed by atoms with van der Waals surface area (Å²) in [6, 6.07) is 27.8. The van der Waals surface area contributed by atoms with Crippen LogP contribution in [0, 0.1) is 5.92 Å². The molecule has 4 unspecified atom stereocenters. The fourth-order valence-corrected chi connectivity index (χ4v) is 6.00. The molecule has 39 heavy (non-hydrogen) atoms. The second-order valence-corrected chi connectivity index (χ2v) is 11.2. The fourth-order valence-electron chi connectivity index (χ4n) is 6.00.